The number of aromatic nitrogens is 1. The van der Waals surface area contributed by atoms with E-state index in [1.54, 1.807) is 37.3 Å². The predicted molar refractivity (Wildman–Crippen MR) is 143 cm³/mol. The Balaban J connectivity index is 2.09. The molecule has 0 spiro atoms. The van der Waals surface area contributed by atoms with Gasteiger partial charge in [-0.25, -0.2) is 13.2 Å². The molecule has 0 saturated heterocycles. The first-order valence-electron chi connectivity index (χ1n) is 12.2. The van der Waals surface area contributed by atoms with Crippen molar-refractivity contribution in [3.05, 3.63) is 117 Å². The third kappa shape index (κ3) is 7.48. The summed E-state index contributed by atoms with van der Waals surface area (Å²) in [5.74, 6) is -5.72. The second-order valence-corrected chi connectivity index (χ2v) is 8.66. The summed E-state index contributed by atoms with van der Waals surface area (Å²) in [4.78, 5) is 39.8. The zero-order valence-electron chi connectivity index (χ0n) is 21.6. The molecule has 0 saturated carbocycles. The topological polar surface area (TPSA) is 110 Å². The van der Waals surface area contributed by atoms with Crippen LogP contribution in [0.15, 0.2) is 72.2 Å². The van der Waals surface area contributed by atoms with Gasteiger partial charge < -0.3 is 25.0 Å². The molecule has 0 unspecified atom stereocenters. The van der Waals surface area contributed by atoms with Gasteiger partial charge in [-0.15, -0.1) is 6.58 Å². The summed E-state index contributed by atoms with van der Waals surface area (Å²) >= 11 is 0. The molecule has 0 radical (unpaired) electrons. The zero-order valence-corrected chi connectivity index (χ0v) is 21.6. The van der Waals surface area contributed by atoms with Crippen molar-refractivity contribution in [2.75, 3.05) is 6.61 Å². The average molecular weight is 556 g/mol. The van der Waals surface area contributed by atoms with Gasteiger partial charge in [0.1, 0.15) is 29.6 Å². The minimum Gasteiger partial charge on any atom is -0.483 e. The van der Waals surface area contributed by atoms with E-state index in [1.165, 1.54) is 22.9 Å². The molecule has 1 heterocycles. The number of nitrogens with one attached hydrogen (secondary N) is 2. The molecule has 2 aromatic carbocycles. The number of hydrogen-bond acceptors (Lipinski definition) is 5. The summed E-state index contributed by atoms with van der Waals surface area (Å²) in [6, 6.07) is 9.23. The molecule has 0 aliphatic rings. The van der Waals surface area contributed by atoms with Gasteiger partial charge in [-0.3, -0.25) is 14.4 Å². The summed E-state index contributed by atoms with van der Waals surface area (Å²) in [5.41, 5.74) is -1.60. The molecule has 40 heavy (non-hydrogen) atoms. The lowest BCUT2D eigenvalue weighted by Crippen LogP contribution is -2.36. The summed E-state index contributed by atoms with van der Waals surface area (Å²) in [6.07, 6.45) is 5.62. The van der Waals surface area contributed by atoms with E-state index in [2.05, 4.69) is 17.2 Å². The van der Waals surface area contributed by atoms with Crippen molar-refractivity contribution in [2.24, 2.45) is 0 Å². The van der Waals surface area contributed by atoms with E-state index in [0.717, 1.165) is 6.20 Å². The van der Waals surface area contributed by atoms with Crippen LogP contribution in [0.1, 0.15) is 45.3 Å². The number of halogens is 3. The van der Waals surface area contributed by atoms with Crippen LogP contribution in [-0.2, 0) is 13.2 Å². The number of pyridine rings is 1. The van der Waals surface area contributed by atoms with Crippen molar-refractivity contribution in [3.63, 3.8) is 0 Å². The largest absolute Gasteiger partial charge is 0.483 e. The fourth-order valence-electron chi connectivity index (χ4n) is 3.57. The molecule has 3 N–H and O–H groups in total. The minimum atomic E-state index is -1.21. The van der Waals surface area contributed by atoms with Gasteiger partial charge in [0.05, 0.1) is 0 Å². The number of nitrogens with zero attached hydrogens (tertiary/aromatic N) is 1. The quantitative estimate of drug-likeness (QED) is 0.294. The first-order chi connectivity index (χ1) is 19.2. The van der Waals surface area contributed by atoms with Crippen LogP contribution < -0.4 is 20.8 Å². The van der Waals surface area contributed by atoms with Gasteiger partial charge in [-0.05, 0) is 18.9 Å². The molecule has 0 fully saturated rings. The Bertz CT molecular complexity index is 1450. The molecule has 3 rings (SSSR count). The molecule has 0 bridgehead atoms. The zero-order chi connectivity index (χ0) is 29.2. The fourth-order valence-corrected chi connectivity index (χ4v) is 3.57. The molecule has 1 atom stereocenters. The van der Waals surface area contributed by atoms with Crippen molar-refractivity contribution in [1.82, 2.24) is 15.2 Å². The highest BCUT2D eigenvalue weighted by atomic mass is 19.1. The average Bonchev–Trinajstić information content (AvgIpc) is 2.92. The van der Waals surface area contributed by atoms with Gasteiger partial charge in [-0.2, -0.15) is 0 Å². The normalized spacial score (nSPS) is 11.7. The Kier molecular flexibility index (Phi) is 10.4. The second kappa shape index (κ2) is 13.9. The molecule has 0 aliphatic heterocycles. The van der Waals surface area contributed by atoms with Gasteiger partial charge >= 0.3 is 0 Å². The van der Waals surface area contributed by atoms with Crippen LogP contribution in [0.5, 0.6) is 5.75 Å². The van der Waals surface area contributed by atoms with Crippen LogP contribution in [0.25, 0.3) is 6.20 Å². The number of amides is 2. The van der Waals surface area contributed by atoms with Gasteiger partial charge in [0.2, 0.25) is 5.43 Å². The molecule has 210 valence electrons. The van der Waals surface area contributed by atoms with Crippen molar-refractivity contribution < 1.29 is 32.6 Å². The van der Waals surface area contributed by atoms with E-state index in [-0.39, 0.29) is 25.3 Å². The Morgan fingerprint density at radius 2 is 1.80 bits per heavy atom. The number of aliphatic hydroxyl groups excluding tert-OH is 1. The first-order valence-corrected chi connectivity index (χ1v) is 12.2. The van der Waals surface area contributed by atoms with Gasteiger partial charge in [0, 0.05) is 49.3 Å². The summed E-state index contributed by atoms with van der Waals surface area (Å²) in [7, 11) is 0. The predicted octanol–water partition coefficient (Wildman–Crippen LogP) is 3.93. The number of ether oxygens (including phenoxy) is 1. The van der Waals surface area contributed by atoms with E-state index in [9.17, 15) is 32.7 Å². The standard InChI is InChI=1S/C29H28F3N3O5/c1-3-18(2)34-29(39)25-27(40-17-19-9-5-4-6-10-19)26(37)22(16-35(25)11-7-8-12-36)28(38)33-15-21-23(31)13-20(30)14-24(21)32/h3-7,9-11,13-14,16,18,36H,1,8,12,15,17H2,2H3,(H,33,38)(H,34,39)/t18-/m0/s1. The van der Waals surface area contributed by atoms with Crippen molar-refractivity contribution in [3.8, 4) is 5.75 Å². The first kappa shape index (κ1) is 29.9. The van der Waals surface area contributed by atoms with Crippen molar-refractivity contribution in [2.45, 2.75) is 32.5 Å². The van der Waals surface area contributed by atoms with E-state index < -0.39 is 64.2 Å². The minimum absolute atomic E-state index is 0.120. The molecule has 1 aromatic heterocycles. The van der Waals surface area contributed by atoms with E-state index >= 15 is 0 Å². The molecule has 3 aromatic rings. The van der Waals surface area contributed by atoms with Crippen LogP contribution >= 0.6 is 0 Å². The highest BCUT2D eigenvalue weighted by Crippen LogP contribution is 2.20. The molecule has 8 nitrogen and oxygen atoms in total. The number of aliphatic hydroxyl groups is 1. The Hall–Kier alpha value is -4.64. The molecule has 11 heteroatoms. The molecular formula is C29H28F3N3O5. The summed E-state index contributed by atoms with van der Waals surface area (Å²) in [6.45, 7) is 4.28. The van der Waals surface area contributed by atoms with Crippen LogP contribution in [0, 0.1) is 17.5 Å². The molecule has 2 amide bonds. The number of benzene rings is 2. The van der Waals surface area contributed by atoms with Crippen LogP contribution in [0.3, 0.4) is 0 Å². The number of carbonyl (C=O) groups is 2. The SMILES string of the molecule is C=C[C@H](C)NC(=O)c1c(OCc2ccccc2)c(=O)c(C(=O)NCc2c(F)cc(F)cc2F)cn1C=CCCO. The Morgan fingerprint density at radius 3 is 2.42 bits per heavy atom. The monoisotopic (exact) mass is 555 g/mol. The Labute approximate surface area is 228 Å². The van der Waals surface area contributed by atoms with Crippen molar-refractivity contribution >= 4 is 18.0 Å². The molecule has 0 aliphatic carbocycles. The van der Waals surface area contributed by atoms with Gasteiger partial charge in [0.25, 0.3) is 11.8 Å². The van der Waals surface area contributed by atoms with Gasteiger partial charge in [0.15, 0.2) is 11.4 Å². The summed E-state index contributed by atoms with van der Waals surface area (Å²) in [5, 5.41) is 14.1. The lowest BCUT2D eigenvalue weighted by Gasteiger charge is -2.18. The third-order valence-corrected chi connectivity index (χ3v) is 5.68. The highest BCUT2D eigenvalue weighted by Gasteiger charge is 2.26. The maximum atomic E-state index is 14.1. The van der Waals surface area contributed by atoms with Crippen LogP contribution in [-0.4, -0.2) is 34.1 Å². The van der Waals surface area contributed by atoms with Crippen LogP contribution in [0.2, 0.25) is 0 Å². The van der Waals surface area contributed by atoms with E-state index in [0.29, 0.717) is 17.7 Å². The third-order valence-electron chi connectivity index (χ3n) is 5.68. The Morgan fingerprint density at radius 1 is 1.12 bits per heavy atom. The lowest BCUT2D eigenvalue weighted by molar-refractivity contribution is 0.0923. The number of hydrogen-bond donors (Lipinski definition) is 3. The number of rotatable bonds is 12. The van der Waals surface area contributed by atoms with E-state index in [4.69, 9.17) is 4.74 Å². The number of carbonyl (C=O) groups excluding carboxylic acids is 2. The van der Waals surface area contributed by atoms with E-state index in [1.807, 2.05) is 0 Å². The smallest absolute Gasteiger partial charge is 0.272 e. The highest BCUT2D eigenvalue weighted by molar-refractivity contribution is 5.99. The van der Waals surface area contributed by atoms with Gasteiger partial charge in [-0.1, -0.05) is 42.5 Å². The lowest BCUT2D eigenvalue weighted by atomic mass is 10.1. The molecular weight excluding hydrogens is 527 g/mol. The fraction of sp³-hybridized carbons (Fsp3) is 0.207. The van der Waals surface area contributed by atoms with Crippen molar-refractivity contribution in [1.29, 1.82) is 0 Å². The summed E-state index contributed by atoms with van der Waals surface area (Å²) < 4.78 is 48.4. The van der Waals surface area contributed by atoms with Crippen LogP contribution in [0.4, 0.5) is 13.2 Å². The second-order valence-electron chi connectivity index (χ2n) is 8.66. The maximum Gasteiger partial charge on any atom is 0.272 e. The maximum absolute atomic E-state index is 14.1.